The summed E-state index contributed by atoms with van der Waals surface area (Å²) in [4.78, 5) is 24.5. The highest BCUT2D eigenvalue weighted by Crippen LogP contribution is 2.17. The number of para-hydroxylation sites is 1. The first kappa shape index (κ1) is 22.1. The van der Waals surface area contributed by atoms with E-state index in [4.69, 9.17) is 13.9 Å². The third-order valence-corrected chi connectivity index (χ3v) is 4.42. The number of benzene rings is 2. The molecule has 0 spiro atoms. The lowest BCUT2D eigenvalue weighted by molar-refractivity contribution is -0.120. The molecular weight excluding hydrogens is 396 g/mol. The van der Waals surface area contributed by atoms with E-state index < -0.39 is 0 Å². The van der Waals surface area contributed by atoms with Crippen LogP contribution in [-0.2, 0) is 29.3 Å². The number of nitrogens with one attached hydrogen (secondary N) is 2. The molecule has 0 fully saturated rings. The van der Waals surface area contributed by atoms with Gasteiger partial charge in [0.05, 0.1) is 31.6 Å². The van der Waals surface area contributed by atoms with Gasteiger partial charge in [-0.25, -0.2) is 0 Å². The minimum absolute atomic E-state index is 0.120. The molecule has 1 heterocycles. The molecule has 0 aliphatic rings. The topological polar surface area (TPSA) is 89.8 Å². The molecule has 0 radical (unpaired) electrons. The summed E-state index contributed by atoms with van der Waals surface area (Å²) in [5.74, 6) is 0.639. The van der Waals surface area contributed by atoms with Gasteiger partial charge in [-0.05, 0) is 42.3 Å². The number of carbonyl (C=O) groups excluding carboxylic acids is 2. The Bertz CT molecular complexity index is 985. The van der Waals surface area contributed by atoms with Crippen LogP contribution in [0, 0.1) is 0 Å². The van der Waals surface area contributed by atoms with Crippen molar-refractivity contribution in [1.29, 1.82) is 0 Å². The predicted octanol–water partition coefficient (Wildman–Crippen LogP) is 3.44. The minimum Gasteiger partial charge on any atom is -0.493 e. The van der Waals surface area contributed by atoms with Gasteiger partial charge in [-0.2, -0.15) is 0 Å². The summed E-state index contributed by atoms with van der Waals surface area (Å²) >= 11 is 0. The van der Waals surface area contributed by atoms with E-state index in [1.165, 1.54) is 0 Å². The molecule has 0 bridgehead atoms. The molecule has 2 aromatic carbocycles. The van der Waals surface area contributed by atoms with Crippen molar-refractivity contribution in [1.82, 2.24) is 10.6 Å². The monoisotopic (exact) mass is 422 g/mol. The van der Waals surface area contributed by atoms with Crippen LogP contribution in [0.3, 0.4) is 0 Å². The van der Waals surface area contributed by atoms with Gasteiger partial charge in [0.1, 0.15) is 18.1 Å². The van der Waals surface area contributed by atoms with E-state index in [9.17, 15) is 9.59 Å². The standard InChI is InChI=1S/C24H26N2O5/c1-2-30-22-11-4-3-10-21(22)24(28)26-15-23(27)25-14-18-7-5-8-19(13-18)16-29-17-20-9-6-12-31-20/h3-13H,2,14-17H2,1H3,(H,25,27)(H,26,28). The Labute approximate surface area is 181 Å². The third kappa shape index (κ3) is 7.01. The van der Waals surface area contributed by atoms with Crippen LogP contribution in [0.5, 0.6) is 5.75 Å². The van der Waals surface area contributed by atoms with Crippen LogP contribution in [0.1, 0.15) is 34.2 Å². The fourth-order valence-electron chi connectivity index (χ4n) is 2.95. The number of amides is 2. The lowest BCUT2D eigenvalue weighted by Crippen LogP contribution is -2.36. The van der Waals surface area contributed by atoms with E-state index in [-0.39, 0.29) is 18.4 Å². The molecule has 162 valence electrons. The Balaban J connectivity index is 1.42. The molecule has 0 saturated carbocycles. The molecule has 0 saturated heterocycles. The molecule has 7 heteroatoms. The number of hydrogen-bond acceptors (Lipinski definition) is 5. The summed E-state index contributed by atoms with van der Waals surface area (Å²) in [6, 6.07) is 18.4. The van der Waals surface area contributed by atoms with Gasteiger partial charge in [-0.1, -0.05) is 36.4 Å². The fourth-order valence-corrected chi connectivity index (χ4v) is 2.95. The van der Waals surface area contributed by atoms with Gasteiger partial charge in [0.25, 0.3) is 5.91 Å². The van der Waals surface area contributed by atoms with Crippen LogP contribution in [-0.4, -0.2) is 25.0 Å². The van der Waals surface area contributed by atoms with Gasteiger partial charge in [-0.3, -0.25) is 9.59 Å². The number of ether oxygens (including phenoxy) is 2. The van der Waals surface area contributed by atoms with E-state index in [0.717, 1.165) is 16.9 Å². The van der Waals surface area contributed by atoms with Gasteiger partial charge in [0.15, 0.2) is 0 Å². The molecule has 0 aliphatic carbocycles. The Kier molecular flexibility index (Phi) is 8.25. The molecule has 3 aromatic rings. The molecule has 3 rings (SSSR count). The van der Waals surface area contributed by atoms with Gasteiger partial charge in [-0.15, -0.1) is 0 Å². The molecule has 0 atom stereocenters. The van der Waals surface area contributed by atoms with Crippen molar-refractivity contribution in [3.8, 4) is 5.75 Å². The van der Waals surface area contributed by atoms with Crippen LogP contribution in [0.25, 0.3) is 0 Å². The van der Waals surface area contributed by atoms with Gasteiger partial charge in [0, 0.05) is 6.54 Å². The smallest absolute Gasteiger partial charge is 0.255 e. The number of furan rings is 1. The average Bonchev–Trinajstić information content (AvgIpc) is 3.30. The van der Waals surface area contributed by atoms with Crippen molar-refractivity contribution in [2.75, 3.05) is 13.2 Å². The van der Waals surface area contributed by atoms with E-state index in [1.807, 2.05) is 43.3 Å². The van der Waals surface area contributed by atoms with Gasteiger partial charge >= 0.3 is 0 Å². The summed E-state index contributed by atoms with van der Waals surface area (Å²) < 4.78 is 16.3. The van der Waals surface area contributed by atoms with Gasteiger partial charge < -0.3 is 24.5 Å². The Morgan fingerprint density at radius 2 is 1.77 bits per heavy atom. The Morgan fingerprint density at radius 1 is 0.935 bits per heavy atom. The van der Waals surface area contributed by atoms with Gasteiger partial charge in [0.2, 0.25) is 5.91 Å². The number of rotatable bonds is 11. The number of carbonyl (C=O) groups is 2. The van der Waals surface area contributed by atoms with Crippen molar-refractivity contribution in [3.63, 3.8) is 0 Å². The Morgan fingerprint density at radius 3 is 2.58 bits per heavy atom. The summed E-state index contributed by atoms with van der Waals surface area (Å²) in [6.45, 7) is 3.39. The lowest BCUT2D eigenvalue weighted by Gasteiger charge is -2.11. The van der Waals surface area contributed by atoms with Crippen LogP contribution >= 0.6 is 0 Å². The minimum atomic E-state index is -0.352. The zero-order valence-corrected chi connectivity index (χ0v) is 17.4. The quantitative estimate of drug-likeness (QED) is 0.494. The fraction of sp³-hybridized carbons (Fsp3) is 0.250. The molecule has 2 N–H and O–H groups in total. The molecule has 0 unspecified atom stereocenters. The molecule has 1 aromatic heterocycles. The van der Waals surface area contributed by atoms with E-state index in [1.54, 1.807) is 30.5 Å². The van der Waals surface area contributed by atoms with Crippen molar-refractivity contribution in [2.24, 2.45) is 0 Å². The zero-order chi connectivity index (χ0) is 21.9. The second-order valence-electron chi connectivity index (χ2n) is 6.78. The maximum absolute atomic E-state index is 12.4. The second-order valence-corrected chi connectivity index (χ2v) is 6.78. The summed E-state index contributed by atoms with van der Waals surface area (Å²) in [7, 11) is 0. The first-order valence-corrected chi connectivity index (χ1v) is 10.1. The third-order valence-electron chi connectivity index (χ3n) is 4.42. The highest BCUT2D eigenvalue weighted by Gasteiger charge is 2.13. The normalized spacial score (nSPS) is 10.5. The molecular formula is C24H26N2O5. The average molecular weight is 422 g/mol. The highest BCUT2D eigenvalue weighted by atomic mass is 16.5. The SMILES string of the molecule is CCOc1ccccc1C(=O)NCC(=O)NCc1cccc(COCc2ccco2)c1. The molecule has 0 aliphatic heterocycles. The predicted molar refractivity (Wildman–Crippen MR) is 115 cm³/mol. The first-order chi connectivity index (χ1) is 15.2. The summed E-state index contributed by atoms with van der Waals surface area (Å²) in [6.07, 6.45) is 1.61. The van der Waals surface area contributed by atoms with Crippen LogP contribution in [0.4, 0.5) is 0 Å². The first-order valence-electron chi connectivity index (χ1n) is 10.1. The zero-order valence-electron chi connectivity index (χ0n) is 17.4. The van der Waals surface area contributed by atoms with Crippen LogP contribution < -0.4 is 15.4 Å². The maximum atomic E-state index is 12.4. The summed E-state index contributed by atoms with van der Waals surface area (Å²) in [5.41, 5.74) is 2.35. The number of hydrogen-bond donors (Lipinski definition) is 2. The van der Waals surface area contributed by atoms with Crippen molar-refractivity contribution >= 4 is 11.8 Å². The molecule has 2 amide bonds. The molecule has 7 nitrogen and oxygen atoms in total. The maximum Gasteiger partial charge on any atom is 0.255 e. The second kappa shape index (κ2) is 11.6. The largest absolute Gasteiger partial charge is 0.493 e. The summed E-state index contributed by atoms with van der Waals surface area (Å²) in [5, 5.41) is 5.44. The van der Waals surface area contributed by atoms with E-state index >= 15 is 0 Å². The van der Waals surface area contributed by atoms with Crippen LogP contribution in [0.15, 0.2) is 71.3 Å². The van der Waals surface area contributed by atoms with E-state index in [2.05, 4.69) is 10.6 Å². The lowest BCUT2D eigenvalue weighted by atomic mass is 10.1. The van der Waals surface area contributed by atoms with Crippen LogP contribution in [0.2, 0.25) is 0 Å². The van der Waals surface area contributed by atoms with Crippen molar-refractivity contribution in [3.05, 3.63) is 89.4 Å². The van der Waals surface area contributed by atoms with Crippen molar-refractivity contribution < 1.29 is 23.5 Å². The van der Waals surface area contributed by atoms with E-state index in [0.29, 0.717) is 37.7 Å². The Hall–Kier alpha value is -3.58. The molecule has 31 heavy (non-hydrogen) atoms. The van der Waals surface area contributed by atoms with Crippen molar-refractivity contribution in [2.45, 2.75) is 26.7 Å². The highest BCUT2D eigenvalue weighted by molar-refractivity contribution is 5.98.